The maximum atomic E-state index is 13.8. The van der Waals surface area contributed by atoms with Crippen molar-refractivity contribution in [2.75, 3.05) is 33.4 Å². The van der Waals surface area contributed by atoms with Gasteiger partial charge in [0.25, 0.3) is 6.43 Å². The number of hydrogen-bond acceptors (Lipinski definition) is 10. The number of thiazole rings is 1. The van der Waals surface area contributed by atoms with E-state index in [1.54, 1.807) is 4.90 Å². The van der Waals surface area contributed by atoms with Crippen LogP contribution < -0.4 is 5.32 Å². The Hall–Kier alpha value is -3.20. The monoisotopic (exact) mass is 560 g/mol. The van der Waals surface area contributed by atoms with Crippen molar-refractivity contribution in [2.45, 2.75) is 18.7 Å². The lowest BCUT2D eigenvalue weighted by molar-refractivity contribution is -0.136. The van der Waals surface area contributed by atoms with E-state index in [4.69, 9.17) is 30.9 Å². The van der Waals surface area contributed by atoms with Gasteiger partial charge in [0.1, 0.15) is 17.6 Å². The van der Waals surface area contributed by atoms with Crippen molar-refractivity contribution in [1.82, 2.24) is 15.2 Å². The summed E-state index contributed by atoms with van der Waals surface area (Å²) in [7, 11) is 1.16. The van der Waals surface area contributed by atoms with Crippen molar-refractivity contribution in [3.63, 3.8) is 0 Å². The molecule has 0 unspecified atom stereocenters. The van der Waals surface area contributed by atoms with E-state index in [0.717, 1.165) is 30.6 Å². The zero-order chi connectivity index (χ0) is 26.7. The molecule has 2 atom stereocenters. The molecule has 198 valence electrons. The number of hydrogen-bond donors (Lipinski definition) is 2. The van der Waals surface area contributed by atoms with E-state index in [0.29, 0.717) is 0 Å². The largest absolute Gasteiger partial charge is 0.507 e. The van der Waals surface area contributed by atoms with Crippen molar-refractivity contribution < 1.29 is 42.1 Å². The molecule has 15 heteroatoms. The van der Waals surface area contributed by atoms with Crippen LogP contribution in [0.2, 0.25) is 5.02 Å². The third-order valence-corrected chi connectivity index (χ3v) is 6.72. The van der Waals surface area contributed by atoms with Crippen molar-refractivity contribution in [3.8, 4) is 0 Å². The summed E-state index contributed by atoms with van der Waals surface area (Å²) in [6.45, 7) is 0.399. The van der Waals surface area contributed by atoms with Crippen LogP contribution in [0.3, 0.4) is 0 Å². The van der Waals surface area contributed by atoms with Gasteiger partial charge >= 0.3 is 12.1 Å². The van der Waals surface area contributed by atoms with E-state index in [9.17, 15) is 22.8 Å². The number of aromatic nitrogens is 1. The summed E-state index contributed by atoms with van der Waals surface area (Å²) in [6, 6.07) is 2.43. The molecular weight excluding hydrogens is 541 g/mol. The van der Waals surface area contributed by atoms with E-state index in [2.05, 4.69) is 15.3 Å². The smallest absolute Gasteiger partial charge is 0.466 e. The van der Waals surface area contributed by atoms with Gasteiger partial charge in [-0.25, -0.2) is 27.7 Å². The highest BCUT2D eigenvalue weighted by atomic mass is 35.5. The first-order valence-corrected chi connectivity index (χ1v) is 12.0. The number of carbonyl (C=O) groups excluding carboxylic acids is 1. The van der Waals surface area contributed by atoms with Crippen LogP contribution in [-0.4, -0.2) is 72.6 Å². The van der Waals surface area contributed by atoms with Crippen LogP contribution in [0.25, 0.3) is 0 Å². The molecule has 1 aromatic carbocycles. The predicted octanol–water partition coefficient (Wildman–Crippen LogP) is 3.74. The number of halogens is 4. The Kier molecular flexibility index (Phi) is 8.32. The minimum atomic E-state index is -2.81. The van der Waals surface area contributed by atoms with E-state index in [1.165, 1.54) is 11.4 Å². The summed E-state index contributed by atoms with van der Waals surface area (Å²) in [4.78, 5) is 34.2. The molecule has 1 aromatic heterocycles. The number of methoxy groups -OCH3 is 1. The van der Waals surface area contributed by atoms with Gasteiger partial charge in [-0.3, -0.25) is 9.89 Å². The maximum Gasteiger partial charge on any atom is 0.507 e. The normalized spacial score (nSPS) is 20.4. The van der Waals surface area contributed by atoms with E-state index >= 15 is 0 Å². The summed E-state index contributed by atoms with van der Waals surface area (Å²) in [6.07, 6.45) is -5.31. The quantitative estimate of drug-likeness (QED) is 0.487. The number of carbonyl (C=O) groups is 2. The number of aliphatic imine (C=N–C) groups is 1. The highest BCUT2D eigenvalue weighted by Gasteiger charge is 2.36. The van der Waals surface area contributed by atoms with Crippen molar-refractivity contribution in [1.29, 1.82) is 0 Å². The molecule has 2 aliphatic rings. The molecule has 4 rings (SSSR count). The Morgan fingerprint density at radius 2 is 2.19 bits per heavy atom. The SMILES string of the molecule is COC(=O)C1=C(CN2CCOC[C@@H]2OC(=O)O)NC(c2nc(C(F)F)cs2)=N[C@H]1c1ccc(F)cc1Cl. The van der Waals surface area contributed by atoms with Crippen LogP contribution in [-0.2, 0) is 19.0 Å². The topological polar surface area (TPSA) is 123 Å². The summed E-state index contributed by atoms with van der Waals surface area (Å²) >= 11 is 7.22. The Labute approximate surface area is 217 Å². The number of esters is 1. The molecule has 1 fully saturated rings. The van der Waals surface area contributed by atoms with E-state index in [-0.39, 0.29) is 59.0 Å². The molecular formula is C22H20ClF3N4O6S. The van der Waals surface area contributed by atoms with Gasteiger partial charge in [-0.2, -0.15) is 0 Å². The first-order valence-electron chi connectivity index (χ1n) is 10.7. The molecule has 10 nitrogen and oxygen atoms in total. The second kappa shape index (κ2) is 11.5. The summed E-state index contributed by atoms with van der Waals surface area (Å²) < 4.78 is 55.4. The zero-order valence-corrected chi connectivity index (χ0v) is 20.7. The van der Waals surface area contributed by atoms with Crippen molar-refractivity contribution in [3.05, 3.63) is 62.0 Å². The van der Waals surface area contributed by atoms with Crippen LogP contribution in [0, 0.1) is 5.82 Å². The molecule has 37 heavy (non-hydrogen) atoms. The van der Waals surface area contributed by atoms with Gasteiger partial charge in [0, 0.05) is 34.8 Å². The van der Waals surface area contributed by atoms with Crippen LogP contribution in [0.5, 0.6) is 0 Å². The van der Waals surface area contributed by atoms with Gasteiger partial charge < -0.3 is 24.6 Å². The molecule has 0 spiro atoms. The second-order valence-corrected chi connectivity index (χ2v) is 9.08. The van der Waals surface area contributed by atoms with Gasteiger partial charge in [-0.15, -0.1) is 11.3 Å². The fraction of sp³-hybridized carbons (Fsp3) is 0.364. The predicted molar refractivity (Wildman–Crippen MR) is 125 cm³/mol. The number of rotatable bonds is 7. The average Bonchev–Trinajstić information content (AvgIpc) is 3.35. The molecule has 1 saturated heterocycles. The third-order valence-electron chi connectivity index (χ3n) is 5.53. The molecule has 0 amide bonds. The van der Waals surface area contributed by atoms with E-state index < -0.39 is 42.3 Å². The molecule has 0 radical (unpaired) electrons. The number of ether oxygens (including phenoxy) is 3. The minimum absolute atomic E-state index is 0.00552. The molecule has 2 aromatic rings. The number of alkyl halides is 2. The summed E-state index contributed by atoms with van der Waals surface area (Å²) in [5.41, 5.74) is 0.0297. The fourth-order valence-corrected chi connectivity index (χ4v) is 4.88. The van der Waals surface area contributed by atoms with Gasteiger partial charge in [-0.1, -0.05) is 17.7 Å². The third kappa shape index (κ3) is 6.04. The van der Waals surface area contributed by atoms with Gasteiger partial charge in [0.2, 0.25) is 0 Å². The van der Waals surface area contributed by atoms with E-state index in [1.807, 2.05) is 0 Å². The number of benzene rings is 1. The van der Waals surface area contributed by atoms with Crippen LogP contribution >= 0.6 is 22.9 Å². The van der Waals surface area contributed by atoms with Gasteiger partial charge in [0.15, 0.2) is 17.1 Å². The first-order chi connectivity index (χ1) is 17.7. The standard InChI is InChI=1S/C22H20ClF3N4O6S/c1-34-21(31)16-13(7-30-4-5-35-8-15(30)36-22(32)33)27-19(20-28-14(9-37-20)18(25)26)29-17(16)11-3-2-10(24)6-12(11)23/h2-3,6,9,15,17-18H,4-5,7-8H2,1H3,(H,27,29)(H,32,33)/t15-,17-/m0/s1. The van der Waals surface area contributed by atoms with Crippen molar-refractivity contribution >= 4 is 40.9 Å². The number of morpholine rings is 1. The Bertz CT molecular complexity index is 1260. The van der Waals surface area contributed by atoms with Crippen molar-refractivity contribution in [2.24, 2.45) is 4.99 Å². The number of nitrogens with one attached hydrogen (secondary N) is 1. The lowest BCUT2D eigenvalue weighted by atomic mass is 9.95. The lowest BCUT2D eigenvalue weighted by Crippen LogP contribution is -2.50. The maximum absolute atomic E-state index is 13.8. The summed E-state index contributed by atoms with van der Waals surface area (Å²) in [5, 5.41) is 13.3. The van der Waals surface area contributed by atoms with Gasteiger partial charge in [-0.05, 0) is 12.1 Å². The van der Waals surface area contributed by atoms with Crippen LogP contribution in [0.15, 0.2) is 39.8 Å². The number of carboxylic acid groups (broad SMARTS) is 1. The Balaban J connectivity index is 1.82. The fourth-order valence-electron chi connectivity index (χ4n) is 3.85. The lowest BCUT2D eigenvalue weighted by Gasteiger charge is -2.36. The molecule has 2 aliphatic heterocycles. The molecule has 2 N–H and O–H groups in total. The molecule has 0 saturated carbocycles. The zero-order valence-electron chi connectivity index (χ0n) is 19.1. The van der Waals surface area contributed by atoms with Gasteiger partial charge in [0.05, 0.1) is 25.9 Å². The highest BCUT2D eigenvalue weighted by molar-refractivity contribution is 7.11. The summed E-state index contributed by atoms with van der Waals surface area (Å²) in [5.74, 6) is -1.33. The second-order valence-electron chi connectivity index (χ2n) is 7.82. The molecule has 3 heterocycles. The molecule has 0 aliphatic carbocycles. The van der Waals surface area contributed by atoms with Crippen LogP contribution in [0.1, 0.15) is 28.7 Å². The molecule has 0 bridgehead atoms. The Morgan fingerprint density at radius 1 is 1.41 bits per heavy atom. The number of amidine groups is 1. The highest BCUT2D eigenvalue weighted by Crippen LogP contribution is 2.37. The average molecular weight is 561 g/mol. The first kappa shape index (κ1) is 26.9. The number of nitrogens with zero attached hydrogens (tertiary/aromatic N) is 3. The van der Waals surface area contributed by atoms with Crippen LogP contribution in [0.4, 0.5) is 18.0 Å². The Morgan fingerprint density at radius 3 is 2.84 bits per heavy atom. The minimum Gasteiger partial charge on any atom is -0.466 e.